The second kappa shape index (κ2) is 7.61. The molecule has 0 heterocycles. The van der Waals surface area contributed by atoms with Crippen LogP contribution in [-0.2, 0) is 0 Å². The van der Waals surface area contributed by atoms with Crippen LogP contribution in [0.4, 0.5) is 0 Å². The molecule has 2 aromatic carbocycles. The summed E-state index contributed by atoms with van der Waals surface area (Å²) in [5.41, 5.74) is 1.24. The highest BCUT2D eigenvalue weighted by Crippen LogP contribution is 2.22. The van der Waals surface area contributed by atoms with Crippen molar-refractivity contribution in [2.75, 3.05) is 6.61 Å². The number of hydrogen-bond acceptors (Lipinski definition) is 3. The zero-order valence-electron chi connectivity index (χ0n) is 12.0. The Morgan fingerprint density at radius 1 is 1.14 bits per heavy atom. The van der Waals surface area contributed by atoms with Crippen LogP contribution in [0.15, 0.2) is 72.8 Å². The molecule has 0 N–H and O–H groups in total. The van der Waals surface area contributed by atoms with Gasteiger partial charge in [-0.2, -0.15) is 5.26 Å². The molecule has 2 aromatic rings. The van der Waals surface area contributed by atoms with Gasteiger partial charge in [0.05, 0.1) is 0 Å². The highest BCUT2D eigenvalue weighted by molar-refractivity contribution is 6.14. The zero-order chi connectivity index (χ0) is 15.8. The van der Waals surface area contributed by atoms with Gasteiger partial charge in [0.2, 0.25) is 5.78 Å². The first kappa shape index (κ1) is 15.3. The number of carbonyl (C=O) groups is 1. The van der Waals surface area contributed by atoms with Gasteiger partial charge in [0.1, 0.15) is 24.0 Å². The normalized spacial score (nSPS) is 10.6. The molecule has 0 radical (unpaired) electrons. The molecule has 0 saturated heterocycles. The van der Waals surface area contributed by atoms with Crippen molar-refractivity contribution in [2.24, 2.45) is 0 Å². The molecule has 0 spiro atoms. The Morgan fingerprint density at radius 2 is 1.82 bits per heavy atom. The average Bonchev–Trinajstić information content (AvgIpc) is 2.59. The molecule has 108 valence electrons. The lowest BCUT2D eigenvalue weighted by Crippen LogP contribution is -2.02. The maximum Gasteiger partial charge on any atom is 0.203 e. The summed E-state index contributed by atoms with van der Waals surface area (Å²) in [6, 6.07) is 18.0. The lowest BCUT2D eigenvalue weighted by molar-refractivity contribution is 0.104. The van der Waals surface area contributed by atoms with Gasteiger partial charge < -0.3 is 4.74 Å². The van der Waals surface area contributed by atoms with Crippen LogP contribution in [-0.4, -0.2) is 12.4 Å². The molecule has 0 amide bonds. The summed E-state index contributed by atoms with van der Waals surface area (Å²) in [4.78, 5) is 12.4. The smallest absolute Gasteiger partial charge is 0.203 e. The van der Waals surface area contributed by atoms with Crippen LogP contribution < -0.4 is 4.74 Å². The zero-order valence-corrected chi connectivity index (χ0v) is 12.0. The Morgan fingerprint density at radius 3 is 2.50 bits per heavy atom. The van der Waals surface area contributed by atoms with Crippen LogP contribution in [0, 0.1) is 11.3 Å². The molecular weight excluding hydrogens is 274 g/mol. The van der Waals surface area contributed by atoms with Gasteiger partial charge in [-0.05, 0) is 12.1 Å². The minimum atomic E-state index is -0.304. The molecule has 0 unspecified atom stereocenters. The van der Waals surface area contributed by atoms with E-state index >= 15 is 0 Å². The number of nitrogens with zero attached hydrogens (tertiary/aromatic N) is 1. The minimum absolute atomic E-state index is 0.0702. The number of allylic oxidation sites excluding steroid dienone is 1. The SMILES string of the molecule is C=CCOc1ccccc1/C=C(\C#N)C(=O)c1ccccc1. The summed E-state index contributed by atoms with van der Waals surface area (Å²) < 4.78 is 5.53. The van der Waals surface area contributed by atoms with Crippen LogP contribution >= 0.6 is 0 Å². The molecule has 3 heteroatoms. The van der Waals surface area contributed by atoms with Crippen molar-refractivity contribution in [3.05, 3.63) is 84.0 Å². The molecule has 0 atom stereocenters. The van der Waals surface area contributed by atoms with Crippen LogP contribution in [0.3, 0.4) is 0 Å². The summed E-state index contributed by atoms with van der Waals surface area (Å²) in [5, 5.41) is 9.29. The van der Waals surface area contributed by atoms with Crippen LogP contribution in [0.25, 0.3) is 6.08 Å². The summed E-state index contributed by atoms with van der Waals surface area (Å²) in [5.74, 6) is 0.303. The molecule has 0 saturated carbocycles. The third-order valence-electron chi connectivity index (χ3n) is 2.98. The van der Waals surface area contributed by atoms with E-state index in [-0.39, 0.29) is 11.4 Å². The Kier molecular flexibility index (Phi) is 5.28. The molecule has 0 fully saturated rings. The van der Waals surface area contributed by atoms with Gasteiger partial charge >= 0.3 is 0 Å². The Labute approximate surface area is 129 Å². The van der Waals surface area contributed by atoms with E-state index in [9.17, 15) is 10.1 Å². The van der Waals surface area contributed by atoms with Crippen molar-refractivity contribution in [2.45, 2.75) is 0 Å². The first-order valence-electron chi connectivity index (χ1n) is 6.80. The van der Waals surface area contributed by atoms with Gasteiger partial charge in [0, 0.05) is 11.1 Å². The highest BCUT2D eigenvalue weighted by Gasteiger charge is 2.12. The van der Waals surface area contributed by atoms with E-state index in [1.165, 1.54) is 0 Å². The quantitative estimate of drug-likeness (QED) is 0.349. The van der Waals surface area contributed by atoms with Crippen molar-refractivity contribution in [1.29, 1.82) is 5.26 Å². The van der Waals surface area contributed by atoms with E-state index in [1.54, 1.807) is 48.6 Å². The fourth-order valence-corrected chi connectivity index (χ4v) is 1.93. The predicted octanol–water partition coefficient (Wildman–Crippen LogP) is 4.04. The van der Waals surface area contributed by atoms with Crippen LogP contribution in [0.1, 0.15) is 15.9 Å². The monoisotopic (exact) mass is 289 g/mol. The number of hydrogen-bond donors (Lipinski definition) is 0. The molecule has 0 aliphatic rings. The first-order valence-corrected chi connectivity index (χ1v) is 6.80. The Balaban J connectivity index is 2.36. The maximum absolute atomic E-state index is 12.4. The van der Waals surface area contributed by atoms with Gasteiger partial charge in [-0.1, -0.05) is 61.2 Å². The minimum Gasteiger partial charge on any atom is -0.489 e. The van der Waals surface area contributed by atoms with E-state index in [0.717, 1.165) is 0 Å². The van der Waals surface area contributed by atoms with E-state index in [0.29, 0.717) is 23.5 Å². The Hall–Kier alpha value is -3.12. The molecule has 2 rings (SSSR count). The van der Waals surface area contributed by atoms with E-state index < -0.39 is 0 Å². The Bertz CT molecular complexity index is 740. The van der Waals surface area contributed by atoms with Crippen molar-refractivity contribution in [1.82, 2.24) is 0 Å². The predicted molar refractivity (Wildman–Crippen MR) is 86.5 cm³/mol. The van der Waals surface area contributed by atoms with E-state index in [2.05, 4.69) is 6.58 Å². The van der Waals surface area contributed by atoms with Crippen LogP contribution in [0.5, 0.6) is 5.75 Å². The molecule has 0 bridgehead atoms. The summed E-state index contributed by atoms with van der Waals surface area (Å²) in [7, 11) is 0. The highest BCUT2D eigenvalue weighted by atomic mass is 16.5. The standard InChI is InChI=1S/C19H15NO2/c1-2-12-22-18-11-7-6-10-16(18)13-17(14-20)19(21)15-8-4-3-5-9-15/h2-11,13H,1,12H2/b17-13+. The number of ether oxygens (including phenoxy) is 1. The first-order chi connectivity index (χ1) is 10.8. The number of Topliss-reactive ketones (excluding diaryl/α,β-unsaturated/α-hetero) is 1. The number of carbonyl (C=O) groups excluding carboxylic acids is 1. The summed E-state index contributed by atoms with van der Waals surface area (Å²) >= 11 is 0. The van der Waals surface area contributed by atoms with Gasteiger partial charge in [-0.25, -0.2) is 0 Å². The number of ketones is 1. The molecule has 0 aliphatic carbocycles. The lowest BCUT2D eigenvalue weighted by Gasteiger charge is -2.07. The van der Waals surface area contributed by atoms with Crippen molar-refractivity contribution in [3.8, 4) is 11.8 Å². The topological polar surface area (TPSA) is 50.1 Å². The molecule has 22 heavy (non-hydrogen) atoms. The number of benzene rings is 2. The number of rotatable bonds is 6. The fraction of sp³-hybridized carbons (Fsp3) is 0.0526. The van der Waals surface area contributed by atoms with Gasteiger partial charge in [-0.15, -0.1) is 0 Å². The van der Waals surface area contributed by atoms with Gasteiger partial charge in [-0.3, -0.25) is 4.79 Å². The van der Waals surface area contributed by atoms with Crippen molar-refractivity contribution in [3.63, 3.8) is 0 Å². The van der Waals surface area contributed by atoms with Crippen LogP contribution in [0.2, 0.25) is 0 Å². The lowest BCUT2D eigenvalue weighted by atomic mass is 10.0. The van der Waals surface area contributed by atoms with Gasteiger partial charge in [0.15, 0.2) is 0 Å². The maximum atomic E-state index is 12.4. The van der Waals surface area contributed by atoms with Crippen molar-refractivity contribution >= 4 is 11.9 Å². The second-order valence-electron chi connectivity index (χ2n) is 4.50. The van der Waals surface area contributed by atoms with E-state index in [1.807, 2.05) is 24.3 Å². The van der Waals surface area contributed by atoms with Crippen molar-refractivity contribution < 1.29 is 9.53 Å². The van der Waals surface area contributed by atoms with E-state index in [4.69, 9.17) is 4.74 Å². The summed E-state index contributed by atoms with van der Waals surface area (Å²) in [6.45, 7) is 3.96. The number of para-hydroxylation sites is 1. The fourth-order valence-electron chi connectivity index (χ4n) is 1.93. The molecule has 0 aliphatic heterocycles. The molecular formula is C19H15NO2. The third kappa shape index (κ3) is 3.71. The largest absolute Gasteiger partial charge is 0.489 e. The molecule has 0 aromatic heterocycles. The third-order valence-corrected chi connectivity index (χ3v) is 2.98. The van der Waals surface area contributed by atoms with Gasteiger partial charge in [0.25, 0.3) is 0 Å². The number of nitriles is 1. The average molecular weight is 289 g/mol. The summed E-state index contributed by atoms with van der Waals surface area (Å²) in [6.07, 6.45) is 3.19. The second-order valence-corrected chi connectivity index (χ2v) is 4.50. The molecule has 3 nitrogen and oxygen atoms in total.